The zero-order valence-electron chi connectivity index (χ0n) is 8.83. The molecule has 0 fully saturated rings. The SMILES string of the molecule is CCC(O)(CC)CO.COC(C)=O. The lowest BCUT2D eigenvalue weighted by atomic mass is 9.99. The molecule has 0 amide bonds. The van der Waals surface area contributed by atoms with Crippen LogP contribution in [0.5, 0.6) is 0 Å². The van der Waals surface area contributed by atoms with Crippen molar-refractivity contribution in [3.05, 3.63) is 0 Å². The molecule has 2 N–H and O–H groups in total. The quantitative estimate of drug-likeness (QED) is 0.646. The van der Waals surface area contributed by atoms with Gasteiger partial charge in [0.2, 0.25) is 0 Å². The Labute approximate surface area is 79.5 Å². The lowest BCUT2D eigenvalue weighted by Gasteiger charge is -2.21. The van der Waals surface area contributed by atoms with Gasteiger partial charge in [-0.3, -0.25) is 4.79 Å². The summed E-state index contributed by atoms with van der Waals surface area (Å²) in [6.07, 6.45) is 1.25. The molecule has 80 valence electrons. The number of ether oxygens (including phenoxy) is 1. The van der Waals surface area contributed by atoms with Crippen LogP contribution in [-0.2, 0) is 9.53 Å². The molecule has 0 atom stereocenters. The molecule has 0 heterocycles. The Kier molecular flexibility index (Phi) is 9.17. The fraction of sp³-hybridized carbons (Fsp3) is 0.889. The van der Waals surface area contributed by atoms with Gasteiger partial charge in [0, 0.05) is 6.92 Å². The molecule has 0 aromatic heterocycles. The average Bonchev–Trinajstić information content (AvgIpc) is 2.17. The lowest BCUT2D eigenvalue weighted by molar-refractivity contribution is -0.137. The van der Waals surface area contributed by atoms with E-state index in [9.17, 15) is 9.90 Å². The van der Waals surface area contributed by atoms with Crippen LogP contribution in [0.15, 0.2) is 0 Å². The van der Waals surface area contributed by atoms with Gasteiger partial charge in [-0.1, -0.05) is 13.8 Å². The van der Waals surface area contributed by atoms with Crippen LogP contribution in [0.2, 0.25) is 0 Å². The first-order valence-electron chi connectivity index (χ1n) is 4.33. The summed E-state index contributed by atoms with van der Waals surface area (Å²) < 4.78 is 4.11. The van der Waals surface area contributed by atoms with Gasteiger partial charge in [0.25, 0.3) is 0 Å². The monoisotopic (exact) mass is 192 g/mol. The number of hydrogen-bond donors (Lipinski definition) is 2. The number of carbonyl (C=O) groups excluding carboxylic acids is 1. The first-order chi connectivity index (χ1) is 5.95. The van der Waals surface area contributed by atoms with Crippen molar-refractivity contribution in [3.8, 4) is 0 Å². The van der Waals surface area contributed by atoms with E-state index in [1.54, 1.807) is 0 Å². The van der Waals surface area contributed by atoms with E-state index in [1.165, 1.54) is 14.0 Å². The largest absolute Gasteiger partial charge is 0.469 e. The van der Waals surface area contributed by atoms with Crippen molar-refractivity contribution in [1.82, 2.24) is 0 Å². The highest BCUT2D eigenvalue weighted by molar-refractivity contribution is 5.65. The summed E-state index contributed by atoms with van der Waals surface area (Å²) in [4.78, 5) is 9.59. The van der Waals surface area contributed by atoms with E-state index in [2.05, 4.69) is 4.74 Å². The topological polar surface area (TPSA) is 66.8 Å². The molecule has 0 aliphatic rings. The Morgan fingerprint density at radius 3 is 1.69 bits per heavy atom. The molecule has 0 spiro atoms. The van der Waals surface area contributed by atoms with Crippen molar-refractivity contribution in [1.29, 1.82) is 0 Å². The summed E-state index contributed by atoms with van der Waals surface area (Å²) in [6.45, 7) is 4.96. The molecule has 13 heavy (non-hydrogen) atoms. The van der Waals surface area contributed by atoms with Crippen LogP contribution in [0.1, 0.15) is 33.6 Å². The second-order valence-electron chi connectivity index (χ2n) is 2.79. The second-order valence-corrected chi connectivity index (χ2v) is 2.79. The number of aliphatic hydroxyl groups excluding tert-OH is 1. The van der Waals surface area contributed by atoms with Gasteiger partial charge in [-0.05, 0) is 12.8 Å². The molecule has 0 saturated heterocycles. The molecule has 0 aliphatic carbocycles. The van der Waals surface area contributed by atoms with Crippen molar-refractivity contribution >= 4 is 5.97 Å². The molecule has 4 nitrogen and oxygen atoms in total. The number of hydrogen-bond acceptors (Lipinski definition) is 4. The molecular formula is C9H20O4. The average molecular weight is 192 g/mol. The minimum absolute atomic E-state index is 0.125. The van der Waals surface area contributed by atoms with Crippen LogP contribution in [0.3, 0.4) is 0 Å². The van der Waals surface area contributed by atoms with E-state index >= 15 is 0 Å². The molecule has 0 unspecified atom stereocenters. The van der Waals surface area contributed by atoms with E-state index in [4.69, 9.17) is 5.11 Å². The van der Waals surface area contributed by atoms with Gasteiger partial charge in [-0.25, -0.2) is 0 Å². The van der Waals surface area contributed by atoms with Gasteiger partial charge >= 0.3 is 5.97 Å². The summed E-state index contributed by atoms with van der Waals surface area (Å²) in [5.41, 5.74) is -0.819. The fourth-order valence-corrected chi connectivity index (χ4v) is 0.474. The van der Waals surface area contributed by atoms with E-state index in [0.29, 0.717) is 12.8 Å². The number of aliphatic hydroxyl groups is 2. The van der Waals surface area contributed by atoms with Crippen molar-refractivity contribution in [2.24, 2.45) is 0 Å². The molecule has 0 rings (SSSR count). The Hall–Kier alpha value is -0.610. The summed E-state index contributed by atoms with van der Waals surface area (Å²) in [7, 11) is 1.35. The molecule has 0 saturated carbocycles. The summed E-state index contributed by atoms with van der Waals surface area (Å²) >= 11 is 0. The Morgan fingerprint density at radius 2 is 1.69 bits per heavy atom. The molecule has 0 aromatic rings. The number of methoxy groups -OCH3 is 1. The number of carbonyl (C=O) groups is 1. The maximum atomic E-state index is 9.59. The van der Waals surface area contributed by atoms with Crippen molar-refractivity contribution in [3.63, 3.8) is 0 Å². The van der Waals surface area contributed by atoms with Gasteiger partial charge in [-0.2, -0.15) is 0 Å². The van der Waals surface area contributed by atoms with Crippen molar-refractivity contribution < 1.29 is 19.7 Å². The maximum Gasteiger partial charge on any atom is 0.302 e. The predicted molar refractivity (Wildman–Crippen MR) is 50.3 cm³/mol. The summed E-state index contributed by atoms with van der Waals surface area (Å²) in [6, 6.07) is 0. The zero-order chi connectivity index (χ0) is 10.9. The van der Waals surface area contributed by atoms with E-state index in [-0.39, 0.29) is 12.6 Å². The first-order valence-corrected chi connectivity index (χ1v) is 4.33. The maximum absolute atomic E-state index is 9.59. The van der Waals surface area contributed by atoms with Crippen LogP contribution < -0.4 is 0 Å². The molecule has 0 aliphatic heterocycles. The van der Waals surface area contributed by atoms with Gasteiger partial charge in [0.05, 0.1) is 19.3 Å². The first kappa shape index (κ1) is 14.9. The van der Waals surface area contributed by atoms with E-state index < -0.39 is 5.60 Å². The van der Waals surface area contributed by atoms with Gasteiger partial charge in [-0.15, -0.1) is 0 Å². The van der Waals surface area contributed by atoms with Crippen LogP contribution in [0, 0.1) is 0 Å². The standard InChI is InChI=1S/C6H14O2.C3H6O2/c1-3-6(8,4-2)5-7;1-3(4)5-2/h7-8H,3-5H2,1-2H3;1-2H3. The van der Waals surface area contributed by atoms with Gasteiger partial charge in [0.15, 0.2) is 0 Å². The highest BCUT2D eigenvalue weighted by atomic mass is 16.5. The third-order valence-corrected chi connectivity index (χ3v) is 1.90. The molecule has 0 bridgehead atoms. The third-order valence-electron chi connectivity index (χ3n) is 1.90. The highest BCUT2D eigenvalue weighted by Gasteiger charge is 2.19. The minimum atomic E-state index is -0.819. The molecule has 0 radical (unpaired) electrons. The lowest BCUT2D eigenvalue weighted by Crippen LogP contribution is -2.30. The molecule has 0 aromatic carbocycles. The minimum Gasteiger partial charge on any atom is -0.469 e. The van der Waals surface area contributed by atoms with Crippen LogP contribution in [0.25, 0.3) is 0 Å². The number of rotatable bonds is 3. The van der Waals surface area contributed by atoms with Crippen LogP contribution in [0.4, 0.5) is 0 Å². The smallest absolute Gasteiger partial charge is 0.302 e. The van der Waals surface area contributed by atoms with Crippen molar-refractivity contribution in [2.45, 2.75) is 39.2 Å². The normalized spacial score (nSPS) is 10.0. The third kappa shape index (κ3) is 9.30. The summed E-state index contributed by atoms with van der Waals surface area (Å²) in [5.74, 6) is -0.245. The molecule has 4 heteroatoms. The van der Waals surface area contributed by atoms with Gasteiger partial charge < -0.3 is 14.9 Å². The van der Waals surface area contributed by atoms with Crippen LogP contribution >= 0.6 is 0 Å². The zero-order valence-corrected chi connectivity index (χ0v) is 8.83. The summed E-state index contributed by atoms with van der Waals surface area (Å²) in [5, 5.41) is 17.7. The van der Waals surface area contributed by atoms with Crippen LogP contribution in [-0.4, -0.2) is 35.5 Å². The van der Waals surface area contributed by atoms with Crippen molar-refractivity contribution in [2.75, 3.05) is 13.7 Å². The molecular weight excluding hydrogens is 172 g/mol. The Balaban J connectivity index is 0. The highest BCUT2D eigenvalue weighted by Crippen LogP contribution is 2.11. The number of esters is 1. The Morgan fingerprint density at radius 1 is 1.38 bits per heavy atom. The van der Waals surface area contributed by atoms with E-state index in [0.717, 1.165) is 0 Å². The predicted octanol–water partition coefficient (Wildman–Crippen LogP) is 0.709. The van der Waals surface area contributed by atoms with E-state index in [1.807, 2.05) is 13.8 Å². The van der Waals surface area contributed by atoms with Gasteiger partial charge in [0.1, 0.15) is 0 Å². The fourth-order valence-electron chi connectivity index (χ4n) is 0.474. The Bertz CT molecular complexity index is 121. The second kappa shape index (κ2) is 8.01.